The lowest BCUT2D eigenvalue weighted by Crippen LogP contribution is -2.36. The summed E-state index contributed by atoms with van der Waals surface area (Å²) in [5.41, 5.74) is 0.599. The molecule has 0 radical (unpaired) electrons. The zero-order chi connectivity index (χ0) is 15.1. The average Bonchev–Trinajstić information content (AvgIpc) is 2.43. The van der Waals surface area contributed by atoms with Crippen molar-refractivity contribution in [3.63, 3.8) is 0 Å². The third kappa shape index (κ3) is 3.92. The lowest BCUT2D eigenvalue weighted by molar-refractivity contribution is -0.385. The van der Waals surface area contributed by atoms with Crippen LogP contribution in [-0.4, -0.2) is 37.7 Å². The molecule has 0 fully saturated rings. The molecule has 0 saturated heterocycles. The Balaban J connectivity index is 2.71. The van der Waals surface area contributed by atoms with Gasteiger partial charge in [-0.25, -0.2) is 0 Å². The number of rotatable bonds is 7. The van der Waals surface area contributed by atoms with Gasteiger partial charge in [0, 0.05) is 12.5 Å². The number of nitro benzene ring substituents is 1. The van der Waals surface area contributed by atoms with Crippen LogP contribution in [0.25, 0.3) is 0 Å². The van der Waals surface area contributed by atoms with Crippen LogP contribution in [0.1, 0.15) is 12.0 Å². The van der Waals surface area contributed by atoms with Crippen molar-refractivity contribution in [1.82, 2.24) is 5.32 Å². The molecule has 7 heteroatoms. The molecule has 0 heterocycles. The molecule has 110 valence electrons. The van der Waals surface area contributed by atoms with Gasteiger partial charge in [-0.3, -0.25) is 14.9 Å². The number of benzene rings is 1. The van der Waals surface area contributed by atoms with Crippen LogP contribution in [0, 0.1) is 17.0 Å². The van der Waals surface area contributed by atoms with Crippen molar-refractivity contribution in [1.29, 1.82) is 0 Å². The summed E-state index contributed by atoms with van der Waals surface area (Å²) in [6.45, 7) is 1.91. The van der Waals surface area contributed by atoms with Crippen LogP contribution in [0.5, 0.6) is 5.75 Å². The quantitative estimate of drug-likeness (QED) is 0.462. The van der Waals surface area contributed by atoms with Crippen LogP contribution in [0.4, 0.5) is 5.69 Å². The fraction of sp³-hybridized carbons (Fsp3) is 0.462. The van der Waals surface area contributed by atoms with Gasteiger partial charge in [0.25, 0.3) is 0 Å². The van der Waals surface area contributed by atoms with E-state index < -0.39 is 16.9 Å². The molecular formula is C13H18N2O5. The first-order chi connectivity index (χ1) is 9.51. The van der Waals surface area contributed by atoms with Gasteiger partial charge in [0.15, 0.2) is 5.75 Å². The van der Waals surface area contributed by atoms with E-state index in [4.69, 9.17) is 4.74 Å². The van der Waals surface area contributed by atoms with Crippen LogP contribution in [0.2, 0.25) is 0 Å². The van der Waals surface area contributed by atoms with Crippen molar-refractivity contribution >= 4 is 11.7 Å². The van der Waals surface area contributed by atoms with E-state index in [-0.39, 0.29) is 18.0 Å². The maximum atomic E-state index is 11.4. The van der Waals surface area contributed by atoms with Crippen molar-refractivity contribution in [2.75, 3.05) is 20.8 Å². The number of methoxy groups -OCH3 is 1. The molecule has 1 N–H and O–H groups in total. The second kappa shape index (κ2) is 7.44. The molecule has 0 bridgehead atoms. The van der Waals surface area contributed by atoms with Gasteiger partial charge in [-0.05, 0) is 19.5 Å². The van der Waals surface area contributed by atoms with Gasteiger partial charge in [0.1, 0.15) is 6.04 Å². The van der Waals surface area contributed by atoms with E-state index >= 15 is 0 Å². The summed E-state index contributed by atoms with van der Waals surface area (Å²) in [7, 11) is 2.94. The lowest BCUT2D eigenvalue weighted by Gasteiger charge is -2.14. The Morgan fingerprint density at radius 1 is 1.50 bits per heavy atom. The van der Waals surface area contributed by atoms with Crippen LogP contribution < -0.4 is 10.1 Å². The zero-order valence-electron chi connectivity index (χ0n) is 11.7. The maximum Gasteiger partial charge on any atom is 0.322 e. The molecule has 1 aromatic rings. The van der Waals surface area contributed by atoms with E-state index in [9.17, 15) is 14.9 Å². The van der Waals surface area contributed by atoms with Crippen LogP contribution in [0.15, 0.2) is 18.2 Å². The Kier molecular flexibility index (Phi) is 5.92. The summed E-state index contributed by atoms with van der Waals surface area (Å²) < 4.78 is 10.1. The first-order valence-corrected chi connectivity index (χ1v) is 6.13. The van der Waals surface area contributed by atoms with Crippen LogP contribution >= 0.6 is 0 Å². The largest absolute Gasteiger partial charge is 0.487 e. The number of aryl methyl sites for hydroxylation is 1. The number of nitro groups is 1. The molecule has 0 saturated carbocycles. The Hall–Kier alpha value is -2.15. The second-order valence-electron chi connectivity index (χ2n) is 4.18. The standard InChI is InChI=1S/C13H18N2O5/c1-9-5-4-6-11(15(17)18)12(9)20-8-7-10(14-2)13(16)19-3/h4-6,10,14H,7-8H2,1-3H3. The summed E-state index contributed by atoms with van der Waals surface area (Å²) >= 11 is 0. The van der Waals surface area contributed by atoms with E-state index in [2.05, 4.69) is 10.1 Å². The molecule has 7 nitrogen and oxygen atoms in total. The number of carbonyl (C=O) groups is 1. The normalized spacial score (nSPS) is 11.8. The lowest BCUT2D eigenvalue weighted by atomic mass is 10.2. The van der Waals surface area contributed by atoms with E-state index in [0.717, 1.165) is 0 Å². The SMILES string of the molecule is CNC(CCOc1c(C)cccc1[N+](=O)[O-])C(=O)OC. The molecule has 20 heavy (non-hydrogen) atoms. The summed E-state index contributed by atoms with van der Waals surface area (Å²) in [6.07, 6.45) is 0.356. The zero-order valence-corrected chi connectivity index (χ0v) is 11.7. The summed E-state index contributed by atoms with van der Waals surface area (Å²) in [4.78, 5) is 21.8. The van der Waals surface area contributed by atoms with Crippen LogP contribution in [0.3, 0.4) is 0 Å². The van der Waals surface area contributed by atoms with Crippen molar-refractivity contribution < 1.29 is 19.2 Å². The predicted molar refractivity (Wildman–Crippen MR) is 72.8 cm³/mol. The Labute approximate surface area is 117 Å². The fourth-order valence-electron chi connectivity index (χ4n) is 1.77. The minimum Gasteiger partial charge on any atom is -0.487 e. The number of likely N-dealkylation sites (N-methyl/N-ethyl adjacent to an activating group) is 1. The van der Waals surface area contributed by atoms with E-state index in [0.29, 0.717) is 12.0 Å². The highest BCUT2D eigenvalue weighted by Crippen LogP contribution is 2.30. The van der Waals surface area contributed by atoms with Crippen molar-refractivity contribution in [3.05, 3.63) is 33.9 Å². The number of para-hydroxylation sites is 1. The smallest absolute Gasteiger partial charge is 0.322 e. The van der Waals surface area contributed by atoms with Crippen molar-refractivity contribution in [2.45, 2.75) is 19.4 Å². The number of hydrogen-bond acceptors (Lipinski definition) is 6. The van der Waals surface area contributed by atoms with E-state index in [1.165, 1.54) is 13.2 Å². The number of esters is 1. The molecule has 0 aliphatic carbocycles. The second-order valence-corrected chi connectivity index (χ2v) is 4.18. The van der Waals surface area contributed by atoms with Crippen molar-refractivity contribution in [3.8, 4) is 5.75 Å². The Morgan fingerprint density at radius 3 is 2.75 bits per heavy atom. The Morgan fingerprint density at radius 2 is 2.20 bits per heavy atom. The maximum absolute atomic E-state index is 11.4. The third-order valence-corrected chi connectivity index (χ3v) is 2.87. The molecule has 0 aliphatic rings. The van der Waals surface area contributed by atoms with E-state index in [1.54, 1.807) is 26.1 Å². The molecule has 1 rings (SSSR count). The predicted octanol–water partition coefficient (Wildman–Crippen LogP) is 1.43. The highest BCUT2D eigenvalue weighted by atomic mass is 16.6. The minimum absolute atomic E-state index is 0.0796. The summed E-state index contributed by atoms with van der Waals surface area (Å²) in [6, 6.07) is 4.23. The highest BCUT2D eigenvalue weighted by molar-refractivity contribution is 5.75. The monoisotopic (exact) mass is 282 g/mol. The fourth-order valence-corrected chi connectivity index (χ4v) is 1.77. The molecular weight excluding hydrogens is 264 g/mol. The van der Waals surface area contributed by atoms with E-state index in [1.807, 2.05) is 0 Å². The summed E-state index contributed by atoms with van der Waals surface area (Å²) in [5.74, 6) is -0.160. The molecule has 0 aliphatic heterocycles. The number of hydrogen-bond donors (Lipinski definition) is 1. The highest BCUT2D eigenvalue weighted by Gasteiger charge is 2.20. The molecule has 1 atom stereocenters. The Bertz CT molecular complexity index is 490. The number of carbonyl (C=O) groups excluding carboxylic acids is 1. The van der Waals surface area contributed by atoms with Crippen molar-refractivity contribution in [2.24, 2.45) is 0 Å². The molecule has 0 spiro atoms. The first-order valence-electron chi connectivity index (χ1n) is 6.13. The minimum atomic E-state index is -0.497. The van der Waals surface area contributed by atoms with Gasteiger partial charge in [-0.15, -0.1) is 0 Å². The molecule has 1 aromatic carbocycles. The molecule has 0 amide bonds. The molecule has 0 aromatic heterocycles. The molecule has 1 unspecified atom stereocenters. The van der Waals surface area contributed by atoms with Gasteiger partial charge in [-0.2, -0.15) is 0 Å². The first kappa shape index (κ1) is 15.9. The van der Waals surface area contributed by atoms with Gasteiger partial charge in [0.05, 0.1) is 18.6 Å². The average molecular weight is 282 g/mol. The number of nitrogens with zero attached hydrogens (tertiary/aromatic N) is 1. The third-order valence-electron chi connectivity index (χ3n) is 2.87. The number of nitrogens with one attached hydrogen (secondary N) is 1. The van der Waals surface area contributed by atoms with Gasteiger partial charge in [-0.1, -0.05) is 12.1 Å². The topological polar surface area (TPSA) is 90.7 Å². The van der Waals surface area contributed by atoms with Crippen LogP contribution in [-0.2, 0) is 9.53 Å². The summed E-state index contributed by atoms with van der Waals surface area (Å²) in [5, 5.41) is 13.7. The number of ether oxygens (including phenoxy) is 2. The van der Waals surface area contributed by atoms with Gasteiger partial charge in [0.2, 0.25) is 0 Å². The van der Waals surface area contributed by atoms with Gasteiger partial charge >= 0.3 is 11.7 Å². The van der Waals surface area contributed by atoms with Gasteiger partial charge < -0.3 is 14.8 Å².